The van der Waals surface area contributed by atoms with Gasteiger partial charge in [-0.05, 0) is 24.6 Å². The van der Waals surface area contributed by atoms with Gasteiger partial charge in [-0.1, -0.05) is 12.1 Å². The highest BCUT2D eigenvalue weighted by Crippen LogP contribution is 2.24. The number of benzene rings is 1. The summed E-state index contributed by atoms with van der Waals surface area (Å²) in [5.74, 6) is -0.371. The Balaban J connectivity index is 2.79. The van der Waals surface area contributed by atoms with Crippen LogP contribution in [0.4, 0.5) is 9.18 Å². The van der Waals surface area contributed by atoms with Crippen LogP contribution >= 0.6 is 23.2 Å². The van der Waals surface area contributed by atoms with Gasteiger partial charge in [0.2, 0.25) is 0 Å². The van der Waals surface area contributed by atoms with Gasteiger partial charge >= 0.3 is 6.09 Å². The third-order valence-electron chi connectivity index (χ3n) is 2.03. The standard InChI is InChI=1S/C11H12Cl2FNO2/c1-2-17-11(16)15-9(10(12)13)7-3-5-8(14)6-4-7/h3-6,9-10H,2H2,1H3,(H,15,16). The van der Waals surface area contributed by atoms with Gasteiger partial charge in [0.1, 0.15) is 10.7 Å². The Morgan fingerprint density at radius 2 is 2.00 bits per heavy atom. The van der Waals surface area contributed by atoms with Crippen LogP contribution in [0.15, 0.2) is 24.3 Å². The van der Waals surface area contributed by atoms with E-state index >= 15 is 0 Å². The molecule has 0 aromatic heterocycles. The van der Waals surface area contributed by atoms with Gasteiger partial charge in [0, 0.05) is 0 Å². The monoisotopic (exact) mass is 279 g/mol. The van der Waals surface area contributed by atoms with Crippen molar-refractivity contribution >= 4 is 29.3 Å². The Morgan fingerprint density at radius 3 is 2.47 bits per heavy atom. The molecule has 0 bridgehead atoms. The second-order valence-corrected chi connectivity index (χ2v) is 4.39. The number of alkyl carbamates (subject to hydrolysis) is 1. The predicted octanol–water partition coefficient (Wildman–Crippen LogP) is 3.42. The van der Waals surface area contributed by atoms with Crippen LogP contribution in [-0.2, 0) is 4.74 Å². The van der Waals surface area contributed by atoms with Crippen LogP contribution in [0.25, 0.3) is 0 Å². The fourth-order valence-corrected chi connectivity index (χ4v) is 1.68. The maximum atomic E-state index is 12.8. The summed E-state index contributed by atoms with van der Waals surface area (Å²) < 4.78 is 17.5. The lowest BCUT2D eigenvalue weighted by Gasteiger charge is -2.19. The summed E-state index contributed by atoms with van der Waals surface area (Å²) >= 11 is 11.5. The Morgan fingerprint density at radius 1 is 1.41 bits per heavy atom. The third-order valence-corrected chi connectivity index (χ3v) is 2.53. The van der Waals surface area contributed by atoms with Crippen molar-refractivity contribution in [3.8, 4) is 0 Å². The lowest BCUT2D eigenvalue weighted by Crippen LogP contribution is -2.32. The molecule has 6 heteroatoms. The zero-order valence-corrected chi connectivity index (χ0v) is 10.6. The Hall–Kier alpha value is -1.00. The van der Waals surface area contributed by atoms with Gasteiger partial charge in [-0.2, -0.15) is 0 Å². The Bertz CT molecular complexity index is 370. The average Bonchev–Trinajstić information content (AvgIpc) is 2.27. The van der Waals surface area contributed by atoms with Crippen LogP contribution in [0, 0.1) is 5.82 Å². The van der Waals surface area contributed by atoms with Crippen molar-refractivity contribution in [2.24, 2.45) is 0 Å². The summed E-state index contributed by atoms with van der Waals surface area (Å²) in [7, 11) is 0. The molecule has 0 aliphatic carbocycles. The Kier molecular flexibility index (Phi) is 5.51. The molecule has 0 aliphatic rings. The molecule has 1 aromatic rings. The number of hydrogen-bond donors (Lipinski definition) is 1. The van der Waals surface area contributed by atoms with Crippen molar-refractivity contribution in [2.75, 3.05) is 6.61 Å². The molecule has 0 fully saturated rings. The minimum Gasteiger partial charge on any atom is -0.450 e. The fourth-order valence-electron chi connectivity index (χ4n) is 1.26. The van der Waals surface area contributed by atoms with Gasteiger partial charge in [0.05, 0.1) is 12.6 Å². The molecule has 1 aromatic carbocycles. The lowest BCUT2D eigenvalue weighted by atomic mass is 10.1. The molecular weight excluding hydrogens is 268 g/mol. The van der Waals surface area contributed by atoms with Crippen molar-refractivity contribution in [2.45, 2.75) is 17.8 Å². The van der Waals surface area contributed by atoms with Crippen molar-refractivity contribution in [3.63, 3.8) is 0 Å². The molecule has 0 heterocycles. The summed E-state index contributed by atoms with van der Waals surface area (Å²) in [5, 5.41) is 2.51. The minimum absolute atomic E-state index is 0.247. The van der Waals surface area contributed by atoms with E-state index in [0.29, 0.717) is 5.56 Å². The first kappa shape index (κ1) is 14.1. The first-order valence-corrected chi connectivity index (χ1v) is 5.88. The van der Waals surface area contributed by atoms with E-state index in [4.69, 9.17) is 27.9 Å². The number of carbonyl (C=O) groups is 1. The molecule has 0 radical (unpaired) electrons. The number of nitrogens with one attached hydrogen (secondary N) is 1. The maximum absolute atomic E-state index is 12.8. The van der Waals surface area contributed by atoms with Gasteiger partial charge in [-0.25, -0.2) is 9.18 Å². The van der Waals surface area contributed by atoms with Crippen LogP contribution in [0.1, 0.15) is 18.5 Å². The van der Waals surface area contributed by atoms with Crippen LogP contribution in [0.5, 0.6) is 0 Å². The van der Waals surface area contributed by atoms with Gasteiger partial charge in [0.25, 0.3) is 0 Å². The quantitative estimate of drug-likeness (QED) is 0.858. The maximum Gasteiger partial charge on any atom is 0.407 e. The van der Waals surface area contributed by atoms with Crippen molar-refractivity contribution in [1.29, 1.82) is 0 Å². The van der Waals surface area contributed by atoms with Crippen molar-refractivity contribution in [1.82, 2.24) is 5.32 Å². The second kappa shape index (κ2) is 6.67. The predicted molar refractivity (Wildman–Crippen MR) is 64.8 cm³/mol. The fraction of sp³-hybridized carbons (Fsp3) is 0.364. The molecular formula is C11H12Cl2FNO2. The molecule has 0 saturated carbocycles. The van der Waals surface area contributed by atoms with Crippen molar-refractivity contribution < 1.29 is 13.9 Å². The molecule has 94 valence electrons. The molecule has 0 aliphatic heterocycles. The molecule has 0 spiro atoms. The largest absolute Gasteiger partial charge is 0.450 e. The number of alkyl halides is 2. The number of rotatable bonds is 4. The number of hydrogen-bond acceptors (Lipinski definition) is 2. The highest BCUT2D eigenvalue weighted by atomic mass is 35.5. The summed E-state index contributed by atoms with van der Waals surface area (Å²) in [6.07, 6.45) is -0.617. The zero-order chi connectivity index (χ0) is 12.8. The molecule has 3 nitrogen and oxygen atoms in total. The minimum atomic E-state index is -0.857. The van der Waals surface area contributed by atoms with Gasteiger partial charge < -0.3 is 10.1 Å². The van der Waals surface area contributed by atoms with E-state index in [1.54, 1.807) is 6.92 Å². The summed E-state index contributed by atoms with van der Waals surface area (Å²) in [4.78, 5) is 10.4. The molecule has 1 rings (SSSR count). The number of amides is 1. The van der Waals surface area contributed by atoms with E-state index < -0.39 is 17.0 Å². The first-order valence-electron chi connectivity index (χ1n) is 5.01. The van der Waals surface area contributed by atoms with Crippen molar-refractivity contribution in [3.05, 3.63) is 35.6 Å². The highest BCUT2D eigenvalue weighted by molar-refractivity contribution is 6.44. The third kappa shape index (κ3) is 4.40. The normalized spacial score (nSPS) is 12.3. The molecule has 1 unspecified atom stereocenters. The van der Waals surface area contributed by atoms with Crippen LogP contribution < -0.4 is 5.32 Å². The molecule has 1 atom stereocenters. The van der Waals surface area contributed by atoms with Crippen LogP contribution in [-0.4, -0.2) is 17.5 Å². The second-order valence-electron chi connectivity index (χ2n) is 3.23. The van der Waals surface area contributed by atoms with E-state index in [-0.39, 0.29) is 12.4 Å². The highest BCUT2D eigenvalue weighted by Gasteiger charge is 2.21. The lowest BCUT2D eigenvalue weighted by molar-refractivity contribution is 0.148. The van der Waals surface area contributed by atoms with E-state index in [1.165, 1.54) is 24.3 Å². The SMILES string of the molecule is CCOC(=O)NC(c1ccc(F)cc1)C(Cl)Cl. The van der Waals surface area contributed by atoms with Gasteiger partial charge in [-0.3, -0.25) is 0 Å². The van der Waals surface area contributed by atoms with E-state index in [9.17, 15) is 9.18 Å². The van der Waals surface area contributed by atoms with E-state index in [0.717, 1.165) is 0 Å². The van der Waals surface area contributed by atoms with Gasteiger partial charge in [-0.15, -0.1) is 23.2 Å². The average molecular weight is 280 g/mol. The molecule has 1 N–H and O–H groups in total. The van der Waals surface area contributed by atoms with E-state index in [1.807, 2.05) is 0 Å². The zero-order valence-electron chi connectivity index (χ0n) is 9.12. The van der Waals surface area contributed by atoms with Crippen LogP contribution in [0.3, 0.4) is 0 Å². The number of carbonyl (C=O) groups excluding carboxylic acids is 1. The molecule has 0 saturated heterocycles. The number of halogens is 3. The van der Waals surface area contributed by atoms with Gasteiger partial charge in [0.15, 0.2) is 0 Å². The first-order chi connectivity index (χ1) is 8.04. The topological polar surface area (TPSA) is 38.3 Å². The van der Waals surface area contributed by atoms with E-state index in [2.05, 4.69) is 5.32 Å². The summed E-state index contributed by atoms with van der Waals surface area (Å²) in [6, 6.07) is 4.91. The smallest absolute Gasteiger partial charge is 0.407 e. The summed E-state index contributed by atoms with van der Waals surface area (Å²) in [6.45, 7) is 1.93. The van der Waals surface area contributed by atoms with Crippen LogP contribution in [0.2, 0.25) is 0 Å². The summed E-state index contributed by atoms with van der Waals surface area (Å²) in [5.41, 5.74) is 0.606. The molecule has 17 heavy (non-hydrogen) atoms. The Labute approximate surface area is 109 Å². The number of ether oxygens (including phenoxy) is 1. The molecule has 1 amide bonds.